The molecule has 2 aliphatic rings. The molecule has 0 aliphatic carbocycles. The normalized spacial score (nSPS) is 19.8. The highest BCUT2D eigenvalue weighted by Gasteiger charge is 2.42. The van der Waals surface area contributed by atoms with Crippen LogP contribution in [0.3, 0.4) is 0 Å². The molecule has 312 valence electrons. The van der Waals surface area contributed by atoms with E-state index in [1.165, 1.54) is 24.3 Å². The standard InChI is InChI=1S/C27H39F6N3O.C12H12F6/c1-25(2,3)23-18-35(15-16-36(23)24(37)17-19-10-13-34(4)14-11-19)22(9-12-26(28,29)30)20-5-7-21(8-6-20)27(31,32)33;1-8(6-7-11(13,14)15)9-2-4-10(5-3-9)12(16,17)18/h5-8,19,22-23H,9-18H2,1-4H3;2-5,8H,6-7H2,1H3/t22?,23-;/m1./s1. The van der Waals surface area contributed by atoms with Gasteiger partial charge in [0, 0.05) is 51.0 Å². The van der Waals surface area contributed by atoms with E-state index in [4.69, 9.17) is 0 Å². The highest BCUT2D eigenvalue weighted by molar-refractivity contribution is 5.77. The van der Waals surface area contributed by atoms with E-state index in [1.807, 2.05) is 30.6 Å². The summed E-state index contributed by atoms with van der Waals surface area (Å²) in [4.78, 5) is 19.4. The number of amides is 1. The lowest BCUT2D eigenvalue weighted by Gasteiger charge is -2.50. The van der Waals surface area contributed by atoms with Crippen LogP contribution >= 0.6 is 0 Å². The number of hydrogen-bond donors (Lipinski definition) is 0. The molecule has 2 unspecified atom stereocenters. The van der Waals surface area contributed by atoms with Crippen LogP contribution in [0.2, 0.25) is 0 Å². The van der Waals surface area contributed by atoms with Crippen molar-refractivity contribution in [2.75, 3.05) is 39.8 Å². The molecule has 1 amide bonds. The topological polar surface area (TPSA) is 26.8 Å². The molecule has 3 atom stereocenters. The molecule has 0 bridgehead atoms. The average molecular weight is 806 g/mol. The molecule has 2 fully saturated rings. The second-order valence-electron chi connectivity index (χ2n) is 15.9. The minimum atomic E-state index is -4.52. The first-order valence-electron chi connectivity index (χ1n) is 18.3. The van der Waals surface area contributed by atoms with Crippen molar-refractivity contribution in [2.45, 2.75) is 115 Å². The number of carbonyl (C=O) groups excluding carboxylic acids is 1. The van der Waals surface area contributed by atoms with Crippen molar-refractivity contribution in [2.24, 2.45) is 11.3 Å². The number of benzene rings is 2. The summed E-state index contributed by atoms with van der Waals surface area (Å²) in [5.41, 5.74) is -1.05. The van der Waals surface area contributed by atoms with Crippen molar-refractivity contribution >= 4 is 5.91 Å². The van der Waals surface area contributed by atoms with Gasteiger partial charge in [-0.3, -0.25) is 9.69 Å². The summed E-state index contributed by atoms with van der Waals surface area (Å²) < 4.78 is 152. The maximum absolute atomic E-state index is 13.4. The van der Waals surface area contributed by atoms with E-state index in [2.05, 4.69) is 11.9 Å². The summed E-state index contributed by atoms with van der Waals surface area (Å²) >= 11 is 0. The third-order valence-electron chi connectivity index (χ3n) is 10.5. The Kier molecular flexibility index (Phi) is 15.6. The summed E-state index contributed by atoms with van der Waals surface area (Å²) in [5.74, 6) is -0.0153. The van der Waals surface area contributed by atoms with Crippen LogP contribution in [0.25, 0.3) is 0 Å². The van der Waals surface area contributed by atoms with Crippen LogP contribution in [-0.4, -0.2) is 78.8 Å². The van der Waals surface area contributed by atoms with Gasteiger partial charge in [-0.1, -0.05) is 52.0 Å². The Balaban J connectivity index is 0.000000378. The van der Waals surface area contributed by atoms with Crippen LogP contribution in [0, 0.1) is 11.3 Å². The van der Waals surface area contributed by atoms with Crippen molar-refractivity contribution in [3.8, 4) is 0 Å². The van der Waals surface area contributed by atoms with Gasteiger partial charge < -0.3 is 9.80 Å². The van der Waals surface area contributed by atoms with Crippen molar-refractivity contribution < 1.29 is 57.5 Å². The van der Waals surface area contributed by atoms with Gasteiger partial charge in [0.05, 0.1) is 11.1 Å². The van der Waals surface area contributed by atoms with Gasteiger partial charge in [-0.25, -0.2) is 0 Å². The lowest BCUT2D eigenvalue weighted by Crippen LogP contribution is -2.60. The van der Waals surface area contributed by atoms with Gasteiger partial charge >= 0.3 is 24.7 Å². The molecular weight excluding hydrogens is 754 g/mol. The Bertz CT molecular complexity index is 1470. The molecule has 0 N–H and O–H groups in total. The van der Waals surface area contributed by atoms with Crippen LogP contribution in [-0.2, 0) is 17.1 Å². The molecule has 2 aromatic carbocycles. The molecule has 2 heterocycles. The van der Waals surface area contributed by atoms with Crippen molar-refractivity contribution in [3.05, 3.63) is 70.8 Å². The second kappa shape index (κ2) is 18.5. The van der Waals surface area contributed by atoms with E-state index in [0.29, 0.717) is 43.1 Å². The Hall–Kier alpha value is -3.01. The summed E-state index contributed by atoms with van der Waals surface area (Å²) in [7, 11) is 2.07. The van der Waals surface area contributed by atoms with Crippen molar-refractivity contribution in [3.63, 3.8) is 0 Å². The van der Waals surface area contributed by atoms with Crippen molar-refractivity contribution in [1.82, 2.24) is 14.7 Å². The van der Waals surface area contributed by atoms with Crippen LogP contribution in [0.4, 0.5) is 52.7 Å². The highest BCUT2D eigenvalue weighted by Crippen LogP contribution is 2.38. The fraction of sp³-hybridized carbons (Fsp3) is 0.667. The maximum Gasteiger partial charge on any atom is 0.416 e. The number of piperazine rings is 1. The third-order valence-corrected chi connectivity index (χ3v) is 10.5. The molecule has 4 nitrogen and oxygen atoms in total. The van der Waals surface area contributed by atoms with Crippen molar-refractivity contribution in [1.29, 1.82) is 0 Å². The number of rotatable bonds is 9. The predicted molar refractivity (Wildman–Crippen MR) is 186 cm³/mol. The molecule has 0 aromatic heterocycles. The summed E-state index contributed by atoms with van der Waals surface area (Å²) in [6.07, 6.45) is -17.5. The first kappa shape index (κ1) is 46.4. The monoisotopic (exact) mass is 805 g/mol. The molecule has 2 aromatic rings. The zero-order valence-corrected chi connectivity index (χ0v) is 31.7. The molecule has 2 aliphatic heterocycles. The Labute approximate surface area is 315 Å². The van der Waals surface area contributed by atoms with Gasteiger partial charge in [0.1, 0.15) is 0 Å². The largest absolute Gasteiger partial charge is 0.416 e. The number of piperidine rings is 1. The number of nitrogens with zero attached hydrogens (tertiary/aromatic N) is 3. The lowest BCUT2D eigenvalue weighted by atomic mass is 9.82. The van der Waals surface area contributed by atoms with E-state index < -0.39 is 60.6 Å². The molecule has 16 heteroatoms. The second-order valence-corrected chi connectivity index (χ2v) is 15.9. The summed E-state index contributed by atoms with van der Waals surface area (Å²) in [6.45, 7) is 10.6. The Morgan fingerprint density at radius 2 is 1.13 bits per heavy atom. The van der Waals surface area contributed by atoms with E-state index in [-0.39, 0.29) is 30.2 Å². The smallest absolute Gasteiger partial charge is 0.337 e. The Morgan fingerprint density at radius 1 is 0.673 bits per heavy atom. The SMILES string of the molecule is CC(CCC(F)(F)F)c1ccc(C(F)(F)F)cc1.CN1CCC(CC(=O)N2CCN(C(CCC(F)(F)F)c3ccc(C(F)(F)F)cc3)C[C@@H]2C(C)(C)C)CC1. The average Bonchev–Trinajstić information content (AvgIpc) is 3.07. The van der Waals surface area contributed by atoms with Gasteiger partial charge in [0.15, 0.2) is 0 Å². The molecule has 0 spiro atoms. The van der Waals surface area contributed by atoms with Crippen LogP contribution in [0.5, 0.6) is 0 Å². The van der Waals surface area contributed by atoms with E-state index in [1.54, 1.807) is 6.92 Å². The number of carbonyl (C=O) groups is 1. The summed E-state index contributed by atoms with van der Waals surface area (Å²) in [6, 6.07) is 7.74. The number of alkyl halides is 12. The number of hydrogen-bond acceptors (Lipinski definition) is 3. The van der Waals surface area contributed by atoms with Crippen LogP contribution < -0.4 is 0 Å². The number of likely N-dealkylation sites (tertiary alicyclic amines) is 1. The van der Waals surface area contributed by atoms with Crippen LogP contribution in [0.1, 0.15) is 107 Å². The van der Waals surface area contributed by atoms with Gasteiger partial charge in [-0.05, 0) is 98.5 Å². The molecule has 4 rings (SSSR count). The summed E-state index contributed by atoms with van der Waals surface area (Å²) in [5, 5.41) is 0. The van der Waals surface area contributed by atoms with Gasteiger partial charge in [0.25, 0.3) is 0 Å². The molecule has 2 saturated heterocycles. The van der Waals surface area contributed by atoms with Crippen LogP contribution in [0.15, 0.2) is 48.5 Å². The van der Waals surface area contributed by atoms with Gasteiger partial charge in [0.2, 0.25) is 5.91 Å². The maximum atomic E-state index is 13.4. The first-order valence-corrected chi connectivity index (χ1v) is 18.3. The molecule has 0 saturated carbocycles. The number of halogens is 12. The molecule has 0 radical (unpaired) electrons. The zero-order valence-electron chi connectivity index (χ0n) is 31.7. The molecular formula is C39H51F12N3O. The minimum Gasteiger partial charge on any atom is -0.337 e. The predicted octanol–water partition coefficient (Wildman–Crippen LogP) is 11.5. The zero-order chi connectivity index (χ0) is 41.6. The first-order chi connectivity index (χ1) is 25.1. The fourth-order valence-corrected chi connectivity index (χ4v) is 7.06. The van der Waals surface area contributed by atoms with E-state index in [0.717, 1.165) is 50.2 Å². The molecule has 55 heavy (non-hydrogen) atoms. The van der Waals surface area contributed by atoms with Gasteiger partial charge in [-0.2, -0.15) is 52.7 Å². The fourth-order valence-electron chi connectivity index (χ4n) is 7.06. The van der Waals surface area contributed by atoms with E-state index in [9.17, 15) is 57.5 Å². The quantitative estimate of drug-likeness (QED) is 0.236. The Morgan fingerprint density at radius 3 is 1.56 bits per heavy atom. The minimum absolute atomic E-state index is 0.0792. The highest BCUT2D eigenvalue weighted by atomic mass is 19.4. The lowest BCUT2D eigenvalue weighted by molar-refractivity contribution is -0.144. The third kappa shape index (κ3) is 15.1. The van der Waals surface area contributed by atoms with E-state index >= 15 is 0 Å². The van der Waals surface area contributed by atoms with Gasteiger partial charge in [-0.15, -0.1) is 0 Å².